The Kier molecular flexibility index (Phi) is 5.88. The Morgan fingerprint density at radius 1 is 1.17 bits per heavy atom. The molecule has 1 aliphatic rings. The van der Waals surface area contributed by atoms with Crippen molar-refractivity contribution in [3.8, 4) is 0 Å². The van der Waals surface area contributed by atoms with E-state index in [2.05, 4.69) is 10.4 Å². The quantitative estimate of drug-likeness (QED) is 0.687. The maximum absolute atomic E-state index is 12.8. The maximum Gasteiger partial charge on any atom is 0.435 e. The zero-order chi connectivity index (χ0) is 21.4. The van der Waals surface area contributed by atoms with Crippen LogP contribution in [-0.4, -0.2) is 27.5 Å². The smallest absolute Gasteiger partial charge is 0.350 e. The number of hydrogen-bond acceptors (Lipinski definition) is 3. The molecule has 1 heterocycles. The van der Waals surface area contributed by atoms with E-state index in [0.29, 0.717) is 23.8 Å². The zero-order valence-electron chi connectivity index (χ0n) is 15.1. The van der Waals surface area contributed by atoms with Gasteiger partial charge in [0.1, 0.15) is 5.69 Å². The average Bonchev–Trinajstić information content (AvgIpc) is 2.98. The second-order valence-electron chi connectivity index (χ2n) is 6.85. The van der Waals surface area contributed by atoms with Crippen LogP contribution in [0.5, 0.6) is 0 Å². The molecule has 0 saturated heterocycles. The molecule has 1 aliphatic carbocycles. The molecule has 29 heavy (non-hydrogen) atoms. The van der Waals surface area contributed by atoms with Crippen LogP contribution in [0.3, 0.4) is 0 Å². The fourth-order valence-corrected chi connectivity index (χ4v) is 4.50. The third-order valence-corrected chi connectivity index (χ3v) is 5.86. The molecule has 11 heteroatoms. The molecule has 0 bridgehead atoms. The molecule has 1 aromatic heterocycles. The number of benzene rings is 1. The van der Waals surface area contributed by atoms with Crippen molar-refractivity contribution < 1.29 is 31.1 Å². The molecule has 4 nitrogen and oxygen atoms in total. The Hall–Kier alpha value is -2.17. The van der Waals surface area contributed by atoms with Crippen LogP contribution in [0, 0.1) is 5.92 Å². The monoisotopic (exact) mass is 437 g/mol. The molecule has 0 atom stereocenters. The van der Waals surface area contributed by atoms with Crippen molar-refractivity contribution in [1.29, 1.82) is 0 Å². The fraction of sp³-hybridized carbons (Fsp3) is 0.444. The van der Waals surface area contributed by atoms with Gasteiger partial charge in [-0.15, -0.1) is 11.8 Å². The molecule has 158 valence electrons. The van der Waals surface area contributed by atoms with Gasteiger partial charge in [-0.2, -0.15) is 31.4 Å². The number of aryl methyl sites for hydroxylation is 1. The van der Waals surface area contributed by atoms with Gasteiger partial charge in [0.15, 0.2) is 5.69 Å². The van der Waals surface area contributed by atoms with E-state index in [9.17, 15) is 31.1 Å². The Morgan fingerprint density at radius 2 is 1.86 bits per heavy atom. The number of amides is 1. The number of alkyl halides is 6. The summed E-state index contributed by atoms with van der Waals surface area (Å²) in [5.41, 5.74) is -2.02. The second-order valence-corrected chi connectivity index (χ2v) is 8.22. The van der Waals surface area contributed by atoms with Gasteiger partial charge in [0.2, 0.25) is 0 Å². The number of nitrogens with zero attached hydrogens (tertiary/aromatic N) is 2. The predicted molar refractivity (Wildman–Crippen MR) is 94.4 cm³/mol. The number of nitrogens with one attached hydrogen (secondary N) is 1. The lowest BCUT2D eigenvalue weighted by atomic mass is 9.85. The summed E-state index contributed by atoms with van der Waals surface area (Å²) in [5, 5.41) is 6.02. The minimum Gasteiger partial charge on any atom is -0.350 e. The number of carbonyl (C=O) groups excluding carboxylic acids is 1. The lowest BCUT2D eigenvalue weighted by Crippen LogP contribution is -2.37. The molecule has 1 saturated carbocycles. The van der Waals surface area contributed by atoms with Crippen LogP contribution in [-0.2, 0) is 19.4 Å². The average molecular weight is 437 g/mol. The van der Waals surface area contributed by atoms with Crippen LogP contribution in [0.25, 0.3) is 0 Å². The lowest BCUT2D eigenvalue weighted by Gasteiger charge is -2.35. The van der Waals surface area contributed by atoms with Gasteiger partial charge in [-0.25, -0.2) is 0 Å². The highest BCUT2D eigenvalue weighted by Gasteiger charge is 2.36. The summed E-state index contributed by atoms with van der Waals surface area (Å²) in [7, 11) is 1.26. The fourth-order valence-electron chi connectivity index (χ4n) is 3.02. The van der Waals surface area contributed by atoms with Gasteiger partial charge < -0.3 is 5.32 Å². The van der Waals surface area contributed by atoms with E-state index in [1.165, 1.54) is 24.9 Å². The molecule has 0 unspecified atom stereocenters. The summed E-state index contributed by atoms with van der Waals surface area (Å²) < 4.78 is 77.1. The molecule has 1 N–H and O–H groups in total. The van der Waals surface area contributed by atoms with Crippen molar-refractivity contribution in [3.05, 3.63) is 47.3 Å². The second kappa shape index (κ2) is 7.92. The van der Waals surface area contributed by atoms with Crippen LogP contribution in [0.15, 0.2) is 35.2 Å². The first-order valence-electron chi connectivity index (χ1n) is 8.67. The largest absolute Gasteiger partial charge is 0.435 e. The summed E-state index contributed by atoms with van der Waals surface area (Å²) in [6.07, 6.45) is -7.63. The van der Waals surface area contributed by atoms with E-state index in [0.717, 1.165) is 16.8 Å². The molecule has 1 amide bonds. The Labute approximate surface area is 166 Å². The zero-order valence-corrected chi connectivity index (χ0v) is 16.0. The van der Waals surface area contributed by atoms with Crippen LogP contribution < -0.4 is 5.32 Å². The summed E-state index contributed by atoms with van der Waals surface area (Å²) in [4.78, 5) is 12.6. The van der Waals surface area contributed by atoms with Crippen molar-refractivity contribution in [2.24, 2.45) is 13.0 Å². The molecule has 0 spiro atoms. The SMILES string of the molecule is Cn1nc(C(F)(F)F)cc1C(=O)NCC1CC(Sc2cccc(C(F)(F)F)c2)C1. The third-order valence-electron chi connectivity index (χ3n) is 4.61. The number of thioether (sulfide) groups is 1. The molecular formula is C18H17F6N3OS. The van der Waals surface area contributed by atoms with E-state index >= 15 is 0 Å². The highest BCUT2D eigenvalue weighted by molar-refractivity contribution is 8.00. The number of hydrogen-bond donors (Lipinski definition) is 1. The molecule has 1 fully saturated rings. The maximum atomic E-state index is 12.8. The molecule has 1 aromatic carbocycles. The number of rotatable bonds is 5. The Morgan fingerprint density at radius 3 is 2.45 bits per heavy atom. The van der Waals surface area contributed by atoms with Crippen molar-refractivity contribution in [3.63, 3.8) is 0 Å². The van der Waals surface area contributed by atoms with Crippen molar-refractivity contribution in [2.75, 3.05) is 6.54 Å². The van der Waals surface area contributed by atoms with Crippen molar-refractivity contribution >= 4 is 17.7 Å². The van der Waals surface area contributed by atoms with Crippen molar-refractivity contribution in [2.45, 2.75) is 35.3 Å². The van der Waals surface area contributed by atoms with Crippen LogP contribution >= 0.6 is 11.8 Å². The van der Waals surface area contributed by atoms with Gasteiger partial charge in [-0.05, 0) is 37.0 Å². The van der Waals surface area contributed by atoms with Crippen LogP contribution in [0.2, 0.25) is 0 Å². The van der Waals surface area contributed by atoms with Gasteiger partial charge in [-0.3, -0.25) is 9.48 Å². The number of aromatic nitrogens is 2. The molecule has 0 radical (unpaired) electrons. The van der Waals surface area contributed by atoms with E-state index in [-0.39, 0.29) is 23.4 Å². The van der Waals surface area contributed by atoms with E-state index < -0.39 is 29.5 Å². The Balaban J connectivity index is 1.47. The highest BCUT2D eigenvalue weighted by Crippen LogP contribution is 2.41. The molecule has 0 aliphatic heterocycles. The standard InChI is InChI=1S/C18H17F6N3OS/c1-27-14(8-15(26-27)18(22,23)24)16(28)25-9-10-5-13(6-10)29-12-4-2-3-11(7-12)17(19,20)21/h2-4,7-8,10,13H,5-6,9H2,1H3,(H,25,28). The molecule has 3 rings (SSSR count). The van der Waals surface area contributed by atoms with Gasteiger partial charge in [0, 0.05) is 29.8 Å². The first-order chi connectivity index (χ1) is 13.4. The van der Waals surface area contributed by atoms with E-state index in [1.54, 1.807) is 6.07 Å². The van der Waals surface area contributed by atoms with Crippen LogP contribution in [0.1, 0.15) is 34.6 Å². The minimum absolute atomic E-state index is 0.123. The van der Waals surface area contributed by atoms with Gasteiger partial charge in [-0.1, -0.05) is 6.07 Å². The van der Waals surface area contributed by atoms with E-state index in [1.807, 2.05) is 0 Å². The predicted octanol–water partition coefficient (Wildman–Crippen LogP) is 4.76. The topological polar surface area (TPSA) is 46.9 Å². The van der Waals surface area contributed by atoms with E-state index in [4.69, 9.17) is 0 Å². The summed E-state index contributed by atoms with van der Waals surface area (Å²) in [6.45, 7) is 0.283. The highest BCUT2D eigenvalue weighted by atomic mass is 32.2. The number of halogens is 6. The van der Waals surface area contributed by atoms with Crippen molar-refractivity contribution in [1.82, 2.24) is 15.1 Å². The first kappa shape index (κ1) is 21.5. The first-order valence-corrected chi connectivity index (χ1v) is 9.55. The number of carbonyl (C=O) groups is 1. The summed E-state index contributed by atoms with van der Waals surface area (Å²) in [6, 6.07) is 5.81. The normalized spacial score (nSPS) is 19.7. The summed E-state index contributed by atoms with van der Waals surface area (Å²) in [5.74, 6) is -0.526. The van der Waals surface area contributed by atoms with Crippen LogP contribution in [0.4, 0.5) is 26.3 Å². The van der Waals surface area contributed by atoms with Gasteiger partial charge in [0.25, 0.3) is 5.91 Å². The van der Waals surface area contributed by atoms with Gasteiger partial charge >= 0.3 is 12.4 Å². The lowest BCUT2D eigenvalue weighted by molar-refractivity contribution is -0.141. The van der Waals surface area contributed by atoms with Gasteiger partial charge in [0.05, 0.1) is 5.56 Å². The third kappa shape index (κ3) is 5.26. The Bertz CT molecular complexity index is 886. The minimum atomic E-state index is -4.63. The molecular weight excluding hydrogens is 420 g/mol. The summed E-state index contributed by atoms with van der Waals surface area (Å²) >= 11 is 1.35. The molecule has 2 aromatic rings.